The molecule has 116 valence electrons. The van der Waals surface area contributed by atoms with Crippen LogP contribution in [-0.4, -0.2) is 22.1 Å². The lowest BCUT2D eigenvalue weighted by Crippen LogP contribution is -2.33. The number of hydrogen-bond donors (Lipinski definition) is 3. The second-order valence-electron chi connectivity index (χ2n) is 6.04. The van der Waals surface area contributed by atoms with Crippen LogP contribution in [-0.2, 0) is 0 Å². The Bertz CT molecular complexity index is 620. The molecule has 5 nitrogen and oxygen atoms in total. The van der Waals surface area contributed by atoms with E-state index in [1.165, 1.54) is 5.56 Å². The monoisotopic (exact) mass is 297 g/mol. The first-order valence-electron chi connectivity index (χ1n) is 7.87. The van der Waals surface area contributed by atoms with Gasteiger partial charge in [-0.05, 0) is 50.3 Å². The average Bonchev–Trinajstić information content (AvgIpc) is 2.50. The molecule has 1 aliphatic rings. The smallest absolute Gasteiger partial charge is 0.135 e. The molecule has 0 bridgehead atoms. The predicted molar refractivity (Wildman–Crippen MR) is 90.3 cm³/mol. The highest BCUT2D eigenvalue weighted by Crippen LogP contribution is 2.22. The molecule has 1 aromatic heterocycles. The number of nitrogens with two attached hydrogens (primary N) is 1. The van der Waals surface area contributed by atoms with E-state index in [9.17, 15) is 0 Å². The molecule has 1 aromatic carbocycles. The van der Waals surface area contributed by atoms with Gasteiger partial charge >= 0.3 is 0 Å². The van der Waals surface area contributed by atoms with Gasteiger partial charge in [-0.15, -0.1) is 0 Å². The molecule has 5 heteroatoms. The van der Waals surface area contributed by atoms with Crippen molar-refractivity contribution < 1.29 is 0 Å². The summed E-state index contributed by atoms with van der Waals surface area (Å²) in [4.78, 5) is 8.61. The summed E-state index contributed by atoms with van der Waals surface area (Å²) in [5, 5.41) is 6.81. The Morgan fingerprint density at radius 1 is 1.05 bits per heavy atom. The predicted octanol–water partition coefficient (Wildman–Crippen LogP) is 3.21. The van der Waals surface area contributed by atoms with Gasteiger partial charge < -0.3 is 16.4 Å². The lowest BCUT2D eigenvalue weighted by Gasteiger charge is -2.27. The van der Waals surface area contributed by atoms with Crippen LogP contribution in [0.2, 0.25) is 0 Å². The summed E-state index contributed by atoms with van der Waals surface area (Å²) >= 11 is 0. The summed E-state index contributed by atoms with van der Waals surface area (Å²) in [5.41, 5.74) is 8.20. The van der Waals surface area contributed by atoms with Gasteiger partial charge in [0.15, 0.2) is 0 Å². The zero-order chi connectivity index (χ0) is 15.4. The van der Waals surface area contributed by atoms with Crippen molar-refractivity contribution in [1.82, 2.24) is 9.97 Å². The zero-order valence-electron chi connectivity index (χ0n) is 12.9. The maximum atomic E-state index is 5.95. The van der Waals surface area contributed by atoms with Crippen LogP contribution in [0.15, 0.2) is 36.7 Å². The molecular formula is C17H23N5. The van der Waals surface area contributed by atoms with Crippen LogP contribution < -0.4 is 16.4 Å². The molecule has 1 fully saturated rings. The SMILES string of the molecule is Cc1cccc(Nc2cc(NC3CCC(N)CC3)ncn2)c1. The van der Waals surface area contributed by atoms with Crippen molar-refractivity contribution in [3.8, 4) is 0 Å². The number of nitrogens with zero attached hydrogens (tertiary/aromatic N) is 2. The maximum absolute atomic E-state index is 5.95. The lowest BCUT2D eigenvalue weighted by atomic mass is 9.92. The molecule has 1 saturated carbocycles. The summed E-state index contributed by atoms with van der Waals surface area (Å²) in [5.74, 6) is 1.67. The van der Waals surface area contributed by atoms with Crippen molar-refractivity contribution in [2.45, 2.75) is 44.7 Å². The van der Waals surface area contributed by atoms with Gasteiger partial charge in [-0.2, -0.15) is 0 Å². The minimum Gasteiger partial charge on any atom is -0.367 e. The molecule has 2 aromatic rings. The van der Waals surface area contributed by atoms with E-state index in [2.05, 4.69) is 39.7 Å². The van der Waals surface area contributed by atoms with Crippen LogP contribution in [0.3, 0.4) is 0 Å². The van der Waals surface area contributed by atoms with Gasteiger partial charge in [-0.25, -0.2) is 9.97 Å². The Labute approximate surface area is 131 Å². The Morgan fingerprint density at radius 2 is 1.82 bits per heavy atom. The first-order chi connectivity index (χ1) is 10.7. The van der Waals surface area contributed by atoms with E-state index < -0.39 is 0 Å². The highest BCUT2D eigenvalue weighted by atomic mass is 15.1. The van der Waals surface area contributed by atoms with Gasteiger partial charge in [0.1, 0.15) is 18.0 Å². The molecule has 3 rings (SSSR count). The molecule has 0 aliphatic heterocycles. The summed E-state index contributed by atoms with van der Waals surface area (Å²) in [7, 11) is 0. The third-order valence-electron chi connectivity index (χ3n) is 4.08. The highest BCUT2D eigenvalue weighted by molar-refractivity contribution is 5.59. The molecule has 0 saturated heterocycles. The zero-order valence-corrected chi connectivity index (χ0v) is 12.9. The van der Waals surface area contributed by atoms with Gasteiger partial charge in [0, 0.05) is 23.8 Å². The molecule has 4 N–H and O–H groups in total. The van der Waals surface area contributed by atoms with Crippen molar-refractivity contribution in [3.05, 3.63) is 42.2 Å². The van der Waals surface area contributed by atoms with E-state index in [0.29, 0.717) is 12.1 Å². The second-order valence-corrected chi connectivity index (χ2v) is 6.04. The largest absolute Gasteiger partial charge is 0.367 e. The Morgan fingerprint density at radius 3 is 2.59 bits per heavy atom. The molecular weight excluding hydrogens is 274 g/mol. The van der Waals surface area contributed by atoms with E-state index in [1.807, 2.05) is 18.2 Å². The Kier molecular flexibility index (Phi) is 4.53. The first-order valence-corrected chi connectivity index (χ1v) is 7.87. The van der Waals surface area contributed by atoms with Gasteiger partial charge in [-0.3, -0.25) is 0 Å². The number of hydrogen-bond acceptors (Lipinski definition) is 5. The quantitative estimate of drug-likeness (QED) is 0.808. The number of rotatable bonds is 4. The third kappa shape index (κ3) is 3.95. The molecule has 0 atom stereocenters. The molecule has 22 heavy (non-hydrogen) atoms. The van der Waals surface area contributed by atoms with E-state index in [1.54, 1.807) is 6.33 Å². The minimum absolute atomic E-state index is 0.363. The standard InChI is InChI=1S/C17H23N5/c1-12-3-2-4-15(9-12)22-17-10-16(19-11-20-17)21-14-7-5-13(18)6-8-14/h2-4,9-11,13-14H,5-8,18H2,1H3,(H2,19,20,21,22). The average molecular weight is 297 g/mol. The number of aromatic nitrogens is 2. The summed E-state index contributed by atoms with van der Waals surface area (Å²) in [6, 6.07) is 11.0. The first kappa shape index (κ1) is 14.8. The second kappa shape index (κ2) is 6.75. The fourth-order valence-electron chi connectivity index (χ4n) is 2.85. The number of anilines is 3. The van der Waals surface area contributed by atoms with Crippen molar-refractivity contribution in [2.75, 3.05) is 10.6 Å². The van der Waals surface area contributed by atoms with Crippen LogP contribution in [0.5, 0.6) is 0 Å². The Hall–Kier alpha value is -2.14. The summed E-state index contributed by atoms with van der Waals surface area (Å²) < 4.78 is 0. The van der Waals surface area contributed by atoms with E-state index >= 15 is 0 Å². The summed E-state index contributed by atoms with van der Waals surface area (Å²) in [6.07, 6.45) is 5.96. The van der Waals surface area contributed by atoms with E-state index in [0.717, 1.165) is 43.0 Å². The van der Waals surface area contributed by atoms with Gasteiger partial charge in [0.25, 0.3) is 0 Å². The Balaban J connectivity index is 1.65. The molecule has 0 unspecified atom stereocenters. The fourth-order valence-corrected chi connectivity index (χ4v) is 2.85. The molecule has 0 radical (unpaired) electrons. The topological polar surface area (TPSA) is 75.9 Å². The van der Waals surface area contributed by atoms with Crippen molar-refractivity contribution in [2.24, 2.45) is 5.73 Å². The van der Waals surface area contributed by atoms with Gasteiger partial charge in [-0.1, -0.05) is 12.1 Å². The summed E-state index contributed by atoms with van der Waals surface area (Å²) in [6.45, 7) is 2.08. The molecule has 0 amide bonds. The fraction of sp³-hybridized carbons (Fsp3) is 0.412. The minimum atomic E-state index is 0.363. The molecule has 0 spiro atoms. The van der Waals surface area contributed by atoms with Crippen LogP contribution in [0.4, 0.5) is 17.3 Å². The van der Waals surface area contributed by atoms with E-state index in [-0.39, 0.29) is 0 Å². The lowest BCUT2D eigenvalue weighted by molar-refractivity contribution is 0.410. The van der Waals surface area contributed by atoms with Gasteiger partial charge in [0.05, 0.1) is 0 Å². The third-order valence-corrected chi connectivity index (χ3v) is 4.08. The van der Waals surface area contributed by atoms with E-state index in [4.69, 9.17) is 5.73 Å². The number of nitrogens with one attached hydrogen (secondary N) is 2. The normalized spacial score (nSPS) is 21.4. The van der Waals surface area contributed by atoms with Crippen LogP contribution in [0, 0.1) is 6.92 Å². The van der Waals surface area contributed by atoms with Crippen LogP contribution in [0.25, 0.3) is 0 Å². The van der Waals surface area contributed by atoms with Crippen LogP contribution >= 0.6 is 0 Å². The molecule has 1 heterocycles. The van der Waals surface area contributed by atoms with Crippen molar-refractivity contribution in [3.63, 3.8) is 0 Å². The molecule has 1 aliphatic carbocycles. The number of aryl methyl sites for hydroxylation is 1. The van der Waals surface area contributed by atoms with Gasteiger partial charge in [0.2, 0.25) is 0 Å². The van der Waals surface area contributed by atoms with Crippen molar-refractivity contribution in [1.29, 1.82) is 0 Å². The number of benzene rings is 1. The maximum Gasteiger partial charge on any atom is 0.135 e. The van der Waals surface area contributed by atoms with Crippen molar-refractivity contribution >= 4 is 17.3 Å². The highest BCUT2D eigenvalue weighted by Gasteiger charge is 2.18. The van der Waals surface area contributed by atoms with Crippen LogP contribution in [0.1, 0.15) is 31.2 Å².